The fourth-order valence-corrected chi connectivity index (χ4v) is 3.91. The first kappa shape index (κ1) is 12.8. The van der Waals surface area contributed by atoms with Crippen molar-refractivity contribution in [1.82, 2.24) is 5.32 Å². The quantitative estimate of drug-likeness (QED) is 0.848. The van der Waals surface area contributed by atoms with Gasteiger partial charge in [-0.15, -0.1) is 0 Å². The van der Waals surface area contributed by atoms with E-state index in [1.165, 1.54) is 24.2 Å². The second kappa shape index (κ2) is 5.03. The van der Waals surface area contributed by atoms with Gasteiger partial charge in [0.05, 0.1) is 6.61 Å². The minimum atomic E-state index is 0.0771. The third kappa shape index (κ3) is 2.31. The predicted molar refractivity (Wildman–Crippen MR) is 74.4 cm³/mol. The van der Waals surface area contributed by atoms with E-state index in [-0.39, 0.29) is 5.91 Å². The van der Waals surface area contributed by atoms with Crippen molar-refractivity contribution in [3.8, 4) is 0 Å². The Morgan fingerprint density at radius 1 is 1.42 bits per heavy atom. The molecule has 0 saturated heterocycles. The van der Waals surface area contributed by atoms with Crippen LogP contribution in [0.25, 0.3) is 0 Å². The van der Waals surface area contributed by atoms with Crippen LogP contribution in [0.2, 0.25) is 0 Å². The molecule has 1 heterocycles. The van der Waals surface area contributed by atoms with Crippen molar-refractivity contribution in [1.29, 1.82) is 0 Å². The SMILES string of the molecule is CC(=O)NCC[C@@H]1CCC2=C1C1=C(CC2C)OCC1. The van der Waals surface area contributed by atoms with Gasteiger partial charge in [-0.2, -0.15) is 0 Å². The summed E-state index contributed by atoms with van der Waals surface area (Å²) >= 11 is 0. The number of hydrogen-bond acceptors (Lipinski definition) is 2. The van der Waals surface area contributed by atoms with Crippen LogP contribution >= 0.6 is 0 Å². The van der Waals surface area contributed by atoms with Crippen LogP contribution in [0.3, 0.4) is 0 Å². The maximum Gasteiger partial charge on any atom is 0.216 e. The van der Waals surface area contributed by atoms with Crippen molar-refractivity contribution in [3.05, 3.63) is 22.5 Å². The standard InChI is InChI=1S/C16H23NO2/c1-10-9-15-14(6-8-19-15)16-12(3-4-13(10)16)5-7-17-11(2)18/h10,12H,3-9H2,1-2H3,(H,17,18)/t10?,12-/m0/s1. The van der Waals surface area contributed by atoms with Crippen LogP contribution in [0.5, 0.6) is 0 Å². The topological polar surface area (TPSA) is 38.3 Å². The van der Waals surface area contributed by atoms with Crippen LogP contribution in [0.15, 0.2) is 22.5 Å². The highest BCUT2D eigenvalue weighted by Crippen LogP contribution is 2.50. The first-order chi connectivity index (χ1) is 9.16. The lowest BCUT2D eigenvalue weighted by atomic mass is 9.81. The molecule has 2 aliphatic carbocycles. The van der Waals surface area contributed by atoms with Crippen molar-refractivity contribution < 1.29 is 9.53 Å². The summed E-state index contributed by atoms with van der Waals surface area (Å²) in [7, 11) is 0. The molecule has 3 aliphatic rings. The van der Waals surface area contributed by atoms with Gasteiger partial charge in [0.2, 0.25) is 5.91 Å². The number of carbonyl (C=O) groups excluding carboxylic acids is 1. The van der Waals surface area contributed by atoms with Gasteiger partial charge < -0.3 is 10.1 Å². The third-order valence-electron chi connectivity index (χ3n) is 4.76. The van der Waals surface area contributed by atoms with E-state index in [4.69, 9.17) is 4.74 Å². The van der Waals surface area contributed by atoms with E-state index in [0.29, 0.717) is 11.8 Å². The van der Waals surface area contributed by atoms with E-state index in [1.54, 1.807) is 18.1 Å². The molecule has 1 N–H and O–H groups in total. The Bertz CT molecular complexity index is 461. The van der Waals surface area contributed by atoms with Gasteiger partial charge in [-0.25, -0.2) is 0 Å². The van der Waals surface area contributed by atoms with Gasteiger partial charge in [0.1, 0.15) is 5.76 Å². The third-order valence-corrected chi connectivity index (χ3v) is 4.76. The zero-order chi connectivity index (χ0) is 13.4. The van der Waals surface area contributed by atoms with E-state index in [9.17, 15) is 4.79 Å². The predicted octanol–water partition coefficient (Wildman–Crippen LogP) is 2.93. The molecule has 0 saturated carbocycles. The summed E-state index contributed by atoms with van der Waals surface area (Å²) in [6.45, 7) is 5.59. The summed E-state index contributed by atoms with van der Waals surface area (Å²) in [6, 6.07) is 0. The first-order valence-corrected chi connectivity index (χ1v) is 7.49. The average molecular weight is 261 g/mol. The zero-order valence-corrected chi connectivity index (χ0v) is 11.9. The highest BCUT2D eigenvalue weighted by molar-refractivity contribution is 5.72. The fraction of sp³-hybridized carbons (Fsp3) is 0.688. The number of nitrogens with one attached hydrogen (secondary N) is 1. The molecule has 1 amide bonds. The molecule has 3 nitrogen and oxygen atoms in total. The number of rotatable bonds is 3. The molecule has 3 heteroatoms. The second-order valence-electron chi connectivity index (χ2n) is 6.05. The number of amides is 1. The van der Waals surface area contributed by atoms with E-state index in [1.807, 2.05) is 0 Å². The zero-order valence-electron chi connectivity index (χ0n) is 11.9. The molecule has 1 aliphatic heterocycles. The largest absolute Gasteiger partial charge is 0.497 e. The minimum Gasteiger partial charge on any atom is -0.497 e. The lowest BCUT2D eigenvalue weighted by Gasteiger charge is -2.25. The van der Waals surface area contributed by atoms with Crippen molar-refractivity contribution >= 4 is 5.91 Å². The van der Waals surface area contributed by atoms with Crippen LogP contribution in [-0.4, -0.2) is 19.1 Å². The Morgan fingerprint density at radius 2 is 2.26 bits per heavy atom. The van der Waals surface area contributed by atoms with Crippen LogP contribution in [-0.2, 0) is 9.53 Å². The number of carbonyl (C=O) groups is 1. The molecule has 1 unspecified atom stereocenters. The molecule has 3 rings (SSSR count). The minimum absolute atomic E-state index is 0.0771. The van der Waals surface area contributed by atoms with Gasteiger partial charge in [0, 0.05) is 26.3 Å². The highest BCUT2D eigenvalue weighted by Gasteiger charge is 2.37. The maximum atomic E-state index is 11.0. The van der Waals surface area contributed by atoms with E-state index < -0.39 is 0 Å². The Hall–Kier alpha value is -1.25. The van der Waals surface area contributed by atoms with Gasteiger partial charge in [-0.1, -0.05) is 12.5 Å². The molecule has 19 heavy (non-hydrogen) atoms. The Balaban J connectivity index is 1.76. The van der Waals surface area contributed by atoms with Gasteiger partial charge >= 0.3 is 0 Å². The number of hydrogen-bond donors (Lipinski definition) is 1. The summed E-state index contributed by atoms with van der Waals surface area (Å²) in [5.41, 5.74) is 4.80. The molecule has 104 valence electrons. The summed E-state index contributed by atoms with van der Waals surface area (Å²) in [6.07, 6.45) is 5.77. The van der Waals surface area contributed by atoms with E-state index in [2.05, 4.69) is 12.2 Å². The average Bonchev–Trinajstić information content (AvgIpc) is 2.94. The fourth-order valence-electron chi connectivity index (χ4n) is 3.91. The second-order valence-corrected chi connectivity index (χ2v) is 6.05. The van der Waals surface area contributed by atoms with Crippen LogP contribution in [0.1, 0.15) is 46.0 Å². The summed E-state index contributed by atoms with van der Waals surface area (Å²) < 4.78 is 5.80. The molecular formula is C16H23NO2. The lowest BCUT2D eigenvalue weighted by Crippen LogP contribution is -2.23. The van der Waals surface area contributed by atoms with Gasteiger partial charge in [-0.05, 0) is 42.2 Å². The van der Waals surface area contributed by atoms with Gasteiger partial charge in [-0.3, -0.25) is 4.79 Å². The van der Waals surface area contributed by atoms with Crippen molar-refractivity contribution in [2.75, 3.05) is 13.2 Å². The first-order valence-electron chi connectivity index (χ1n) is 7.49. The van der Waals surface area contributed by atoms with Crippen LogP contribution in [0, 0.1) is 11.8 Å². The molecule has 0 fully saturated rings. The monoisotopic (exact) mass is 261 g/mol. The van der Waals surface area contributed by atoms with Crippen molar-refractivity contribution in [2.45, 2.75) is 46.0 Å². The summed E-state index contributed by atoms with van der Waals surface area (Å²) in [4.78, 5) is 11.0. The number of fused-ring (bicyclic) bond motifs is 1. The number of allylic oxidation sites excluding steroid dienone is 3. The molecule has 0 spiro atoms. The highest BCUT2D eigenvalue weighted by atomic mass is 16.5. The van der Waals surface area contributed by atoms with E-state index in [0.717, 1.165) is 32.4 Å². The van der Waals surface area contributed by atoms with E-state index >= 15 is 0 Å². The van der Waals surface area contributed by atoms with Gasteiger partial charge in [0.25, 0.3) is 0 Å². The van der Waals surface area contributed by atoms with Crippen LogP contribution < -0.4 is 5.32 Å². The van der Waals surface area contributed by atoms with Crippen LogP contribution in [0.4, 0.5) is 0 Å². The Morgan fingerprint density at radius 3 is 3.05 bits per heavy atom. The number of ether oxygens (including phenoxy) is 1. The normalized spacial score (nSPS) is 29.2. The maximum absolute atomic E-state index is 11.0. The Labute approximate surface area is 115 Å². The summed E-state index contributed by atoms with van der Waals surface area (Å²) in [5.74, 6) is 2.62. The van der Waals surface area contributed by atoms with Gasteiger partial charge in [0.15, 0.2) is 0 Å². The molecule has 0 radical (unpaired) electrons. The molecule has 0 aromatic carbocycles. The molecule has 0 bridgehead atoms. The Kier molecular flexibility index (Phi) is 3.38. The molecule has 2 atom stereocenters. The molecule has 0 aromatic heterocycles. The molecule has 0 aromatic rings. The van der Waals surface area contributed by atoms with Crippen molar-refractivity contribution in [2.24, 2.45) is 11.8 Å². The lowest BCUT2D eigenvalue weighted by molar-refractivity contribution is -0.118. The smallest absolute Gasteiger partial charge is 0.216 e. The summed E-state index contributed by atoms with van der Waals surface area (Å²) in [5, 5.41) is 2.93. The van der Waals surface area contributed by atoms with Crippen molar-refractivity contribution in [3.63, 3.8) is 0 Å². The molecular weight excluding hydrogens is 238 g/mol.